The van der Waals surface area contributed by atoms with Crippen molar-refractivity contribution in [1.29, 1.82) is 0 Å². The minimum Gasteiger partial charge on any atom is -0.353 e. The lowest BCUT2D eigenvalue weighted by molar-refractivity contribution is -0.122. The van der Waals surface area contributed by atoms with Crippen LogP contribution in [0.15, 0.2) is 0 Å². The number of nitrogens with zero attached hydrogens (tertiary/aromatic N) is 1. The zero-order chi connectivity index (χ0) is 15.2. The van der Waals surface area contributed by atoms with Crippen LogP contribution in [0.25, 0.3) is 0 Å². The molecule has 1 aliphatic rings. The second kappa shape index (κ2) is 7.95. The molecule has 0 aliphatic carbocycles. The molecule has 1 heterocycles. The van der Waals surface area contributed by atoms with E-state index in [1.807, 2.05) is 6.92 Å². The molecule has 1 unspecified atom stereocenters. The highest BCUT2D eigenvalue weighted by Gasteiger charge is 2.27. The quantitative estimate of drug-likeness (QED) is 0.713. The van der Waals surface area contributed by atoms with E-state index in [0.29, 0.717) is 32.4 Å². The molecule has 0 saturated carbocycles. The molecule has 0 aromatic heterocycles. The molecule has 20 heavy (non-hydrogen) atoms. The number of amides is 1. The normalized spacial score (nSPS) is 19.8. The molecular formula is C13H27N3O3S. The van der Waals surface area contributed by atoms with Gasteiger partial charge < -0.3 is 11.1 Å². The maximum absolute atomic E-state index is 11.8. The lowest BCUT2D eigenvalue weighted by atomic mass is 10.1. The molecule has 118 valence electrons. The Morgan fingerprint density at radius 3 is 2.45 bits per heavy atom. The SMILES string of the molecule is CCCC(N)CC(=O)NC1CCN(S(=O)(=O)CC)CC1. The van der Waals surface area contributed by atoms with Crippen LogP contribution >= 0.6 is 0 Å². The van der Waals surface area contributed by atoms with Gasteiger partial charge in [-0.05, 0) is 26.2 Å². The van der Waals surface area contributed by atoms with Gasteiger partial charge in [-0.15, -0.1) is 0 Å². The number of sulfonamides is 1. The summed E-state index contributed by atoms with van der Waals surface area (Å²) in [4.78, 5) is 11.8. The highest BCUT2D eigenvalue weighted by Crippen LogP contribution is 2.14. The van der Waals surface area contributed by atoms with Gasteiger partial charge in [0, 0.05) is 31.6 Å². The van der Waals surface area contributed by atoms with Gasteiger partial charge in [0.1, 0.15) is 0 Å². The molecule has 0 bridgehead atoms. The smallest absolute Gasteiger partial charge is 0.221 e. The first-order chi connectivity index (χ1) is 9.39. The van der Waals surface area contributed by atoms with Crippen molar-refractivity contribution in [3.8, 4) is 0 Å². The summed E-state index contributed by atoms with van der Waals surface area (Å²) in [6, 6.07) is -0.0137. The number of rotatable bonds is 7. The zero-order valence-corrected chi connectivity index (χ0v) is 13.3. The van der Waals surface area contributed by atoms with E-state index >= 15 is 0 Å². The Bertz CT molecular complexity index is 403. The predicted molar refractivity (Wildman–Crippen MR) is 79.7 cm³/mol. The van der Waals surface area contributed by atoms with E-state index in [0.717, 1.165) is 12.8 Å². The van der Waals surface area contributed by atoms with Crippen molar-refractivity contribution in [2.24, 2.45) is 5.73 Å². The van der Waals surface area contributed by atoms with Crippen LogP contribution in [0.4, 0.5) is 0 Å². The monoisotopic (exact) mass is 305 g/mol. The largest absolute Gasteiger partial charge is 0.353 e. The summed E-state index contributed by atoms with van der Waals surface area (Å²) in [7, 11) is -3.10. The molecule has 1 saturated heterocycles. The Kier molecular flexibility index (Phi) is 6.91. The second-order valence-electron chi connectivity index (χ2n) is 5.39. The van der Waals surface area contributed by atoms with E-state index < -0.39 is 10.0 Å². The zero-order valence-electron chi connectivity index (χ0n) is 12.5. The first-order valence-electron chi connectivity index (χ1n) is 7.41. The van der Waals surface area contributed by atoms with Crippen molar-refractivity contribution in [2.75, 3.05) is 18.8 Å². The summed E-state index contributed by atoms with van der Waals surface area (Å²) in [6.07, 6.45) is 3.52. The van der Waals surface area contributed by atoms with Crippen molar-refractivity contribution in [3.63, 3.8) is 0 Å². The lowest BCUT2D eigenvalue weighted by Crippen LogP contribution is -2.47. The van der Waals surface area contributed by atoms with E-state index in [1.54, 1.807) is 6.92 Å². The third kappa shape index (κ3) is 5.38. The first-order valence-corrected chi connectivity index (χ1v) is 9.02. The topological polar surface area (TPSA) is 92.5 Å². The van der Waals surface area contributed by atoms with Crippen LogP contribution in [0.5, 0.6) is 0 Å². The van der Waals surface area contributed by atoms with Crippen molar-refractivity contribution >= 4 is 15.9 Å². The van der Waals surface area contributed by atoms with Crippen LogP contribution in [-0.4, -0.2) is 49.6 Å². The summed E-state index contributed by atoms with van der Waals surface area (Å²) < 4.78 is 25.0. The van der Waals surface area contributed by atoms with E-state index in [-0.39, 0.29) is 23.7 Å². The van der Waals surface area contributed by atoms with Gasteiger partial charge in [-0.25, -0.2) is 12.7 Å². The van der Waals surface area contributed by atoms with E-state index in [4.69, 9.17) is 5.73 Å². The molecule has 0 aromatic carbocycles. The van der Waals surface area contributed by atoms with Crippen LogP contribution in [0, 0.1) is 0 Å². The van der Waals surface area contributed by atoms with Crippen molar-refractivity contribution in [1.82, 2.24) is 9.62 Å². The number of nitrogens with two attached hydrogens (primary N) is 1. The van der Waals surface area contributed by atoms with Gasteiger partial charge in [0.15, 0.2) is 0 Å². The van der Waals surface area contributed by atoms with Crippen molar-refractivity contribution in [3.05, 3.63) is 0 Å². The number of hydrogen-bond acceptors (Lipinski definition) is 4. The van der Waals surface area contributed by atoms with Gasteiger partial charge in [-0.1, -0.05) is 13.3 Å². The third-order valence-corrected chi connectivity index (χ3v) is 5.57. The van der Waals surface area contributed by atoms with Gasteiger partial charge in [0.2, 0.25) is 15.9 Å². The number of carbonyl (C=O) groups excluding carboxylic acids is 1. The van der Waals surface area contributed by atoms with E-state index in [2.05, 4.69) is 5.32 Å². The fourth-order valence-electron chi connectivity index (χ4n) is 2.46. The fraction of sp³-hybridized carbons (Fsp3) is 0.923. The Morgan fingerprint density at radius 2 is 1.95 bits per heavy atom. The standard InChI is InChI=1S/C13H27N3O3S/c1-3-5-11(14)10-13(17)15-12-6-8-16(9-7-12)20(18,19)4-2/h11-12H,3-10,14H2,1-2H3,(H,15,17). The molecule has 7 heteroatoms. The Hall–Kier alpha value is -0.660. The van der Waals surface area contributed by atoms with Gasteiger partial charge in [0.05, 0.1) is 5.75 Å². The average molecular weight is 305 g/mol. The summed E-state index contributed by atoms with van der Waals surface area (Å²) in [5, 5.41) is 2.96. The molecule has 6 nitrogen and oxygen atoms in total. The highest BCUT2D eigenvalue weighted by molar-refractivity contribution is 7.89. The van der Waals surface area contributed by atoms with Gasteiger partial charge in [-0.3, -0.25) is 4.79 Å². The molecule has 0 aromatic rings. The van der Waals surface area contributed by atoms with E-state index in [1.165, 1.54) is 4.31 Å². The number of carbonyl (C=O) groups is 1. The summed E-state index contributed by atoms with van der Waals surface area (Å²) >= 11 is 0. The molecule has 1 aliphatic heterocycles. The number of piperidine rings is 1. The van der Waals surface area contributed by atoms with Crippen LogP contribution in [0.3, 0.4) is 0 Å². The third-order valence-electron chi connectivity index (χ3n) is 3.68. The Morgan fingerprint density at radius 1 is 1.35 bits per heavy atom. The molecule has 1 atom stereocenters. The minimum absolute atomic E-state index is 0.0252. The predicted octanol–water partition coefficient (Wildman–Crippen LogP) is 0.434. The fourth-order valence-corrected chi connectivity index (χ4v) is 3.59. The van der Waals surface area contributed by atoms with Gasteiger partial charge in [0.25, 0.3) is 0 Å². The van der Waals surface area contributed by atoms with Crippen LogP contribution in [0.2, 0.25) is 0 Å². The lowest BCUT2D eigenvalue weighted by Gasteiger charge is -2.31. The first kappa shape index (κ1) is 17.4. The molecular weight excluding hydrogens is 278 g/mol. The highest BCUT2D eigenvalue weighted by atomic mass is 32.2. The van der Waals surface area contributed by atoms with Crippen LogP contribution in [-0.2, 0) is 14.8 Å². The molecule has 1 rings (SSSR count). The molecule has 0 spiro atoms. The van der Waals surface area contributed by atoms with Crippen LogP contribution < -0.4 is 11.1 Å². The van der Waals surface area contributed by atoms with Crippen LogP contribution in [0.1, 0.15) is 46.0 Å². The molecule has 3 N–H and O–H groups in total. The second-order valence-corrected chi connectivity index (χ2v) is 7.65. The average Bonchev–Trinajstić information content (AvgIpc) is 2.39. The molecule has 1 amide bonds. The maximum Gasteiger partial charge on any atom is 0.221 e. The van der Waals surface area contributed by atoms with Crippen molar-refractivity contribution in [2.45, 2.75) is 58.0 Å². The van der Waals surface area contributed by atoms with E-state index in [9.17, 15) is 13.2 Å². The molecule has 0 radical (unpaired) electrons. The maximum atomic E-state index is 11.8. The Balaban J connectivity index is 2.34. The van der Waals surface area contributed by atoms with Crippen molar-refractivity contribution < 1.29 is 13.2 Å². The number of hydrogen-bond donors (Lipinski definition) is 2. The van der Waals surface area contributed by atoms with Gasteiger partial charge in [-0.2, -0.15) is 0 Å². The molecule has 1 fully saturated rings. The minimum atomic E-state index is -3.10. The summed E-state index contributed by atoms with van der Waals surface area (Å²) in [6.45, 7) is 4.67. The summed E-state index contributed by atoms with van der Waals surface area (Å²) in [5.74, 6) is 0.110. The Labute approximate surface area is 122 Å². The summed E-state index contributed by atoms with van der Waals surface area (Å²) in [5.41, 5.74) is 5.84. The number of nitrogens with one attached hydrogen (secondary N) is 1. The van der Waals surface area contributed by atoms with Gasteiger partial charge >= 0.3 is 0 Å².